The highest BCUT2D eigenvalue weighted by atomic mass is 79.9. The van der Waals surface area contributed by atoms with Crippen molar-refractivity contribution in [2.45, 2.75) is 11.8 Å². The maximum Gasteiger partial charge on any atom is 0.126 e. The Morgan fingerprint density at radius 1 is 1.00 bits per heavy atom. The Labute approximate surface area is 140 Å². The van der Waals surface area contributed by atoms with E-state index in [4.69, 9.17) is 11.6 Å². The molecule has 106 valence electrons. The maximum absolute atomic E-state index is 13.9. The second kappa shape index (κ2) is 7.06. The average Bonchev–Trinajstić information content (AvgIpc) is 2.47. The third kappa shape index (κ3) is 3.44. The summed E-state index contributed by atoms with van der Waals surface area (Å²) in [4.78, 5) is 0. The Balaban J connectivity index is 2.42. The number of halogens is 4. The summed E-state index contributed by atoms with van der Waals surface area (Å²) in [6.07, 6.45) is 0.608. The van der Waals surface area contributed by atoms with Gasteiger partial charge in [0.2, 0.25) is 0 Å². The molecular weight excluding hydrogens is 406 g/mol. The van der Waals surface area contributed by atoms with Crippen LogP contribution in [0.4, 0.5) is 4.39 Å². The van der Waals surface area contributed by atoms with E-state index in [1.165, 1.54) is 6.07 Å². The van der Waals surface area contributed by atoms with Crippen LogP contribution < -0.4 is 0 Å². The molecule has 20 heavy (non-hydrogen) atoms. The highest BCUT2D eigenvalue weighted by Gasteiger charge is 2.31. The third-order valence-corrected chi connectivity index (χ3v) is 5.82. The van der Waals surface area contributed by atoms with E-state index >= 15 is 0 Å². The first-order valence-electron chi connectivity index (χ1n) is 6.23. The zero-order valence-electron chi connectivity index (χ0n) is 10.8. The highest BCUT2D eigenvalue weighted by Crippen LogP contribution is 2.34. The van der Waals surface area contributed by atoms with Crippen LogP contribution in [0, 0.1) is 5.82 Å². The van der Waals surface area contributed by atoms with Gasteiger partial charge < -0.3 is 0 Å². The Morgan fingerprint density at radius 2 is 1.70 bits per heavy atom. The monoisotopic (exact) mass is 418 g/mol. The van der Waals surface area contributed by atoms with Gasteiger partial charge in [0.05, 0.1) is 0 Å². The Kier molecular flexibility index (Phi) is 5.65. The van der Waals surface area contributed by atoms with Gasteiger partial charge in [-0.3, -0.25) is 0 Å². The Hall–Kier alpha value is -0.380. The summed E-state index contributed by atoms with van der Waals surface area (Å²) in [6, 6.07) is 14.7. The van der Waals surface area contributed by atoms with Crippen molar-refractivity contribution in [3.8, 4) is 0 Å². The van der Waals surface area contributed by atoms with Gasteiger partial charge in [-0.15, -0.1) is 0 Å². The Morgan fingerprint density at radius 3 is 2.30 bits per heavy atom. The number of alkyl halides is 2. The molecule has 0 unspecified atom stereocenters. The molecule has 4 heteroatoms. The van der Waals surface area contributed by atoms with E-state index in [0.29, 0.717) is 17.0 Å². The van der Waals surface area contributed by atoms with Gasteiger partial charge in [0.15, 0.2) is 0 Å². The van der Waals surface area contributed by atoms with E-state index in [2.05, 4.69) is 31.9 Å². The number of benzene rings is 2. The van der Waals surface area contributed by atoms with E-state index in [-0.39, 0.29) is 11.2 Å². The maximum atomic E-state index is 13.9. The third-order valence-electron chi connectivity index (χ3n) is 3.44. The summed E-state index contributed by atoms with van der Waals surface area (Å²) < 4.78 is 13.9. The predicted octanol–water partition coefficient (Wildman–Crippen LogP) is 5.75. The lowest BCUT2D eigenvalue weighted by Crippen LogP contribution is -2.33. The van der Waals surface area contributed by atoms with Crippen LogP contribution >= 0.6 is 43.5 Å². The molecule has 0 aliphatic carbocycles. The molecule has 0 amide bonds. The second-order valence-corrected chi connectivity index (χ2v) is 6.38. The van der Waals surface area contributed by atoms with Crippen molar-refractivity contribution in [2.24, 2.45) is 0 Å². The van der Waals surface area contributed by atoms with Gasteiger partial charge in [0.1, 0.15) is 5.82 Å². The van der Waals surface area contributed by atoms with E-state index in [9.17, 15) is 4.39 Å². The topological polar surface area (TPSA) is 0 Å². The first kappa shape index (κ1) is 16.0. The lowest BCUT2D eigenvalue weighted by Gasteiger charge is -2.31. The molecule has 0 heterocycles. The zero-order valence-corrected chi connectivity index (χ0v) is 14.7. The van der Waals surface area contributed by atoms with Crippen molar-refractivity contribution in [3.63, 3.8) is 0 Å². The molecule has 2 aromatic rings. The molecule has 0 saturated carbocycles. The summed E-state index contributed by atoms with van der Waals surface area (Å²) >= 11 is 13.3. The standard InChI is InChI=1S/C16H14Br2ClF/c17-10-16(11-18,13-5-3-6-14(19)8-13)9-12-4-1-2-7-15(12)20/h1-8H,9-11H2. The molecular formula is C16H14Br2ClF. The quantitative estimate of drug-likeness (QED) is 0.541. The molecule has 2 aromatic carbocycles. The van der Waals surface area contributed by atoms with Crippen LogP contribution in [0.25, 0.3) is 0 Å². The molecule has 0 aliphatic heterocycles. The van der Waals surface area contributed by atoms with Crippen molar-refractivity contribution in [1.82, 2.24) is 0 Å². The molecule has 0 N–H and O–H groups in total. The van der Waals surface area contributed by atoms with Crippen molar-refractivity contribution < 1.29 is 4.39 Å². The van der Waals surface area contributed by atoms with Gasteiger partial charge >= 0.3 is 0 Å². The number of hydrogen-bond donors (Lipinski definition) is 0. The fourth-order valence-corrected chi connectivity index (χ4v) is 4.37. The molecule has 0 fully saturated rings. The predicted molar refractivity (Wildman–Crippen MR) is 90.8 cm³/mol. The van der Waals surface area contributed by atoms with Crippen LogP contribution in [-0.2, 0) is 11.8 Å². The molecule has 0 nitrogen and oxygen atoms in total. The van der Waals surface area contributed by atoms with Crippen LogP contribution in [0.3, 0.4) is 0 Å². The van der Waals surface area contributed by atoms with Gasteiger partial charge in [-0.25, -0.2) is 4.39 Å². The summed E-state index contributed by atoms with van der Waals surface area (Å²) in [5, 5.41) is 2.14. The minimum atomic E-state index is -0.229. The van der Waals surface area contributed by atoms with Gasteiger partial charge in [0.25, 0.3) is 0 Å². The van der Waals surface area contributed by atoms with Crippen LogP contribution in [0.5, 0.6) is 0 Å². The lowest BCUT2D eigenvalue weighted by molar-refractivity contribution is 0.523. The summed E-state index contributed by atoms with van der Waals surface area (Å²) in [5.74, 6) is -0.166. The van der Waals surface area contributed by atoms with Crippen LogP contribution in [0.2, 0.25) is 5.02 Å². The summed E-state index contributed by atoms with van der Waals surface area (Å²) in [5.41, 5.74) is 1.58. The van der Waals surface area contributed by atoms with Crippen LogP contribution in [0.1, 0.15) is 11.1 Å². The first-order valence-corrected chi connectivity index (χ1v) is 8.85. The summed E-state index contributed by atoms with van der Waals surface area (Å²) in [6.45, 7) is 0. The smallest absolute Gasteiger partial charge is 0.126 e. The van der Waals surface area contributed by atoms with Crippen molar-refractivity contribution >= 4 is 43.5 Å². The SMILES string of the molecule is Fc1ccccc1CC(CBr)(CBr)c1cccc(Cl)c1. The van der Waals surface area contributed by atoms with Gasteiger partial charge in [-0.1, -0.05) is 73.8 Å². The minimum absolute atomic E-state index is 0.166. The van der Waals surface area contributed by atoms with Crippen LogP contribution in [0.15, 0.2) is 48.5 Å². The molecule has 0 aliphatic rings. The van der Waals surface area contributed by atoms with Gasteiger partial charge in [-0.2, -0.15) is 0 Å². The molecule has 0 atom stereocenters. The van der Waals surface area contributed by atoms with E-state index in [0.717, 1.165) is 16.2 Å². The fourth-order valence-electron chi connectivity index (χ4n) is 2.21. The van der Waals surface area contributed by atoms with E-state index < -0.39 is 0 Å². The van der Waals surface area contributed by atoms with Gasteiger partial charge in [0, 0.05) is 21.1 Å². The van der Waals surface area contributed by atoms with Gasteiger partial charge in [-0.05, 0) is 35.7 Å². The number of hydrogen-bond acceptors (Lipinski definition) is 0. The molecule has 0 saturated heterocycles. The Bertz CT molecular complexity index is 582. The largest absolute Gasteiger partial charge is 0.207 e. The van der Waals surface area contributed by atoms with Crippen molar-refractivity contribution in [2.75, 3.05) is 10.7 Å². The summed E-state index contributed by atoms with van der Waals surface area (Å²) in [7, 11) is 0. The van der Waals surface area contributed by atoms with E-state index in [1.54, 1.807) is 6.07 Å². The molecule has 0 spiro atoms. The molecule has 0 bridgehead atoms. The van der Waals surface area contributed by atoms with Crippen molar-refractivity contribution in [3.05, 3.63) is 70.5 Å². The molecule has 0 radical (unpaired) electrons. The minimum Gasteiger partial charge on any atom is -0.207 e. The molecule has 0 aromatic heterocycles. The van der Waals surface area contributed by atoms with Crippen LogP contribution in [-0.4, -0.2) is 10.7 Å². The first-order chi connectivity index (χ1) is 9.61. The van der Waals surface area contributed by atoms with E-state index in [1.807, 2.05) is 36.4 Å². The zero-order chi connectivity index (χ0) is 14.6. The second-order valence-electron chi connectivity index (χ2n) is 4.83. The lowest BCUT2D eigenvalue weighted by atomic mass is 9.79. The fraction of sp³-hybridized carbons (Fsp3) is 0.250. The average molecular weight is 421 g/mol. The van der Waals surface area contributed by atoms with Crippen molar-refractivity contribution in [1.29, 1.82) is 0 Å². The number of rotatable bonds is 5. The normalized spacial score (nSPS) is 11.6. The highest BCUT2D eigenvalue weighted by molar-refractivity contribution is 9.09. The molecule has 2 rings (SSSR count).